The predicted molar refractivity (Wildman–Crippen MR) is 127 cm³/mol. The van der Waals surface area contributed by atoms with E-state index in [0.29, 0.717) is 25.1 Å². The summed E-state index contributed by atoms with van der Waals surface area (Å²) in [4.78, 5) is 30.5. The van der Waals surface area contributed by atoms with Crippen LogP contribution in [0.2, 0.25) is 0 Å². The second kappa shape index (κ2) is 9.92. The largest absolute Gasteiger partial charge is 0.344 e. The van der Waals surface area contributed by atoms with E-state index in [0.717, 1.165) is 36.6 Å². The Morgan fingerprint density at radius 3 is 2.56 bits per heavy atom. The van der Waals surface area contributed by atoms with Gasteiger partial charge in [-0.15, -0.1) is 0 Å². The normalized spacial score (nSPS) is 15.2. The lowest BCUT2D eigenvalue weighted by molar-refractivity contribution is -0.130. The number of nitrogens with zero attached hydrogens (tertiary/aromatic N) is 1. The van der Waals surface area contributed by atoms with Crippen molar-refractivity contribution in [1.82, 2.24) is 10.3 Å². The molecule has 0 spiro atoms. The average molecular weight is 431 g/mol. The molecule has 0 saturated heterocycles. The van der Waals surface area contributed by atoms with Crippen molar-refractivity contribution in [3.8, 4) is 0 Å². The highest BCUT2D eigenvalue weighted by molar-refractivity contribution is 5.99. The molecular weight excluding hydrogens is 400 g/mol. The summed E-state index contributed by atoms with van der Waals surface area (Å²) in [6.45, 7) is 0.473. The summed E-state index contributed by atoms with van der Waals surface area (Å²) in [5.74, 6) is -0.272. The maximum Gasteiger partial charge on any atom is 0.246 e. The quantitative estimate of drug-likeness (QED) is 0.456. The van der Waals surface area contributed by atoms with Crippen LogP contribution in [0.1, 0.15) is 37.7 Å². The molecule has 3 aromatic rings. The summed E-state index contributed by atoms with van der Waals surface area (Å²) in [7, 11) is 0. The van der Waals surface area contributed by atoms with Crippen LogP contribution in [0.3, 0.4) is 0 Å². The van der Waals surface area contributed by atoms with Crippen molar-refractivity contribution in [2.75, 3.05) is 11.9 Å². The topological polar surface area (TPSA) is 97.1 Å². The van der Waals surface area contributed by atoms with Gasteiger partial charge in [0.05, 0.1) is 22.8 Å². The summed E-state index contributed by atoms with van der Waals surface area (Å²) in [6.07, 6.45) is 6.19. The van der Waals surface area contributed by atoms with Crippen molar-refractivity contribution < 1.29 is 9.59 Å². The van der Waals surface area contributed by atoms with Gasteiger partial charge in [-0.2, -0.15) is 0 Å². The first-order chi connectivity index (χ1) is 15.6. The van der Waals surface area contributed by atoms with Crippen LogP contribution in [0.25, 0.3) is 10.9 Å². The van der Waals surface area contributed by atoms with Gasteiger partial charge in [-0.05, 0) is 62.8 Å². The van der Waals surface area contributed by atoms with Crippen LogP contribution in [0, 0.1) is 5.41 Å². The fourth-order valence-electron chi connectivity index (χ4n) is 4.12. The van der Waals surface area contributed by atoms with Crippen LogP contribution in [0.4, 0.5) is 5.69 Å². The molecule has 4 rings (SSSR count). The molecule has 6 heteroatoms. The fraction of sp³-hybridized carbons (Fsp3) is 0.346. The van der Waals surface area contributed by atoms with Crippen LogP contribution in [0.5, 0.6) is 0 Å². The molecule has 32 heavy (non-hydrogen) atoms. The van der Waals surface area contributed by atoms with E-state index in [1.165, 1.54) is 5.56 Å². The molecule has 0 bridgehead atoms. The van der Waals surface area contributed by atoms with E-state index in [4.69, 9.17) is 5.73 Å². The zero-order valence-electron chi connectivity index (χ0n) is 18.2. The Kier molecular flexibility index (Phi) is 6.81. The molecule has 1 saturated carbocycles. The first-order valence-electron chi connectivity index (χ1n) is 11.3. The van der Waals surface area contributed by atoms with Crippen LogP contribution in [0.15, 0.2) is 66.9 Å². The van der Waals surface area contributed by atoms with Gasteiger partial charge in [0.1, 0.15) is 6.04 Å². The molecule has 6 nitrogen and oxygen atoms in total. The lowest BCUT2D eigenvalue weighted by Gasteiger charge is -2.22. The molecule has 1 heterocycles. The molecule has 1 aliphatic rings. The van der Waals surface area contributed by atoms with Gasteiger partial charge in [0, 0.05) is 5.39 Å². The number of fused-ring (bicyclic) bond motifs is 1. The maximum atomic E-state index is 13.2. The summed E-state index contributed by atoms with van der Waals surface area (Å²) >= 11 is 0. The summed E-state index contributed by atoms with van der Waals surface area (Å²) in [6, 6.07) is 19.2. The van der Waals surface area contributed by atoms with E-state index in [-0.39, 0.29) is 11.8 Å². The molecule has 1 fully saturated rings. The molecule has 1 atom stereocenters. The number of pyridine rings is 1. The second-order valence-electron chi connectivity index (χ2n) is 8.63. The summed E-state index contributed by atoms with van der Waals surface area (Å²) < 4.78 is 0. The summed E-state index contributed by atoms with van der Waals surface area (Å²) in [5.41, 5.74) is 8.03. The van der Waals surface area contributed by atoms with Crippen molar-refractivity contribution >= 4 is 28.4 Å². The number of carbonyl (C=O) groups is 2. The Balaban J connectivity index is 1.44. The van der Waals surface area contributed by atoms with Crippen LogP contribution >= 0.6 is 0 Å². The Morgan fingerprint density at radius 2 is 1.81 bits per heavy atom. The Hall–Kier alpha value is -3.25. The number of anilines is 1. The number of carbonyl (C=O) groups excluding carboxylic acids is 2. The molecule has 0 aliphatic heterocycles. The second-order valence-corrected chi connectivity index (χ2v) is 8.63. The number of hydrogen-bond acceptors (Lipinski definition) is 4. The molecule has 0 unspecified atom stereocenters. The molecule has 1 aliphatic carbocycles. The van der Waals surface area contributed by atoms with Gasteiger partial charge in [0.2, 0.25) is 11.8 Å². The van der Waals surface area contributed by atoms with Crippen LogP contribution in [-0.4, -0.2) is 29.4 Å². The molecule has 4 N–H and O–H groups in total. The highest BCUT2D eigenvalue weighted by Crippen LogP contribution is 2.48. The minimum absolute atomic E-state index is 0.0561. The minimum atomic E-state index is -0.604. The first kappa shape index (κ1) is 22.0. The molecule has 2 amide bonds. The van der Waals surface area contributed by atoms with Crippen molar-refractivity contribution in [3.63, 3.8) is 0 Å². The average Bonchev–Trinajstić information content (AvgIpc) is 3.60. The third-order valence-corrected chi connectivity index (χ3v) is 6.24. The Morgan fingerprint density at radius 1 is 1.06 bits per heavy atom. The third-order valence-electron chi connectivity index (χ3n) is 6.24. The van der Waals surface area contributed by atoms with Gasteiger partial charge in [-0.3, -0.25) is 14.6 Å². The van der Waals surface area contributed by atoms with Crippen molar-refractivity contribution in [2.24, 2.45) is 11.1 Å². The fourth-order valence-corrected chi connectivity index (χ4v) is 4.12. The Bertz CT molecular complexity index is 1080. The highest BCUT2D eigenvalue weighted by atomic mass is 16.2. The van der Waals surface area contributed by atoms with Crippen molar-refractivity contribution in [1.29, 1.82) is 0 Å². The molecule has 2 aromatic carbocycles. The first-order valence-corrected chi connectivity index (χ1v) is 11.3. The smallest absolute Gasteiger partial charge is 0.246 e. The van der Waals surface area contributed by atoms with Gasteiger partial charge in [0.25, 0.3) is 0 Å². The van der Waals surface area contributed by atoms with Gasteiger partial charge in [-0.1, -0.05) is 48.5 Å². The van der Waals surface area contributed by atoms with Crippen molar-refractivity contribution in [3.05, 3.63) is 72.4 Å². The minimum Gasteiger partial charge on any atom is -0.344 e. The number of hydrogen-bond donors (Lipinski definition) is 3. The zero-order valence-corrected chi connectivity index (χ0v) is 18.2. The van der Waals surface area contributed by atoms with E-state index < -0.39 is 11.5 Å². The highest BCUT2D eigenvalue weighted by Gasteiger charge is 2.49. The number of rotatable bonds is 10. The number of aromatic nitrogens is 1. The number of nitrogens with one attached hydrogen (secondary N) is 2. The lowest BCUT2D eigenvalue weighted by Crippen LogP contribution is -2.47. The van der Waals surface area contributed by atoms with Gasteiger partial charge < -0.3 is 16.4 Å². The number of amides is 2. The van der Waals surface area contributed by atoms with E-state index >= 15 is 0 Å². The monoisotopic (exact) mass is 430 g/mol. The number of para-hydroxylation sites is 1. The Labute approximate surface area is 188 Å². The van der Waals surface area contributed by atoms with E-state index in [9.17, 15) is 9.59 Å². The molecule has 0 radical (unpaired) electrons. The van der Waals surface area contributed by atoms with E-state index in [1.807, 2.05) is 48.5 Å². The number of nitrogens with two attached hydrogens (primary N) is 1. The third kappa shape index (κ3) is 5.32. The van der Waals surface area contributed by atoms with Crippen LogP contribution in [-0.2, 0) is 16.0 Å². The standard InChI is InChI=1S/C26H30N4O2/c27-16-15-26(13-14-26)25(32)30-23(12-6-9-19-7-2-1-3-8-19)24(31)29-21-17-20-10-4-5-11-22(20)28-18-21/h1-5,7-8,10-11,17-18,23H,6,9,12-16,27H2,(H,29,31)(H,30,32)/t23-/m1/s1. The molecule has 1 aromatic heterocycles. The van der Waals surface area contributed by atoms with Crippen LogP contribution < -0.4 is 16.4 Å². The number of benzene rings is 2. The predicted octanol–water partition coefficient (Wildman–Crippen LogP) is 3.81. The van der Waals surface area contributed by atoms with Crippen molar-refractivity contribution in [2.45, 2.75) is 44.6 Å². The lowest BCUT2D eigenvalue weighted by atomic mass is 9.99. The summed E-state index contributed by atoms with van der Waals surface area (Å²) in [5, 5.41) is 6.93. The van der Waals surface area contributed by atoms with E-state index in [2.05, 4.69) is 27.8 Å². The van der Waals surface area contributed by atoms with Gasteiger partial charge in [-0.25, -0.2) is 0 Å². The SMILES string of the molecule is NCCC1(C(=O)N[C@H](CCCc2ccccc2)C(=O)Nc2cnc3ccccc3c2)CC1. The van der Waals surface area contributed by atoms with Gasteiger partial charge in [0.15, 0.2) is 0 Å². The molecular formula is C26H30N4O2. The van der Waals surface area contributed by atoms with E-state index in [1.54, 1.807) is 6.20 Å². The number of aryl methyl sites for hydroxylation is 1. The zero-order chi connectivity index (χ0) is 22.4. The maximum absolute atomic E-state index is 13.2. The molecule has 166 valence electrons. The van der Waals surface area contributed by atoms with Gasteiger partial charge >= 0.3 is 0 Å².